The molecule has 0 amide bonds. The highest BCUT2D eigenvalue weighted by molar-refractivity contribution is 8.93. The van der Waals surface area contributed by atoms with Gasteiger partial charge in [-0.15, -0.1) is 28.3 Å². The normalized spacial score (nSPS) is 10.9. The fraction of sp³-hybridized carbons (Fsp3) is 0.0667. The van der Waals surface area contributed by atoms with Gasteiger partial charge in [0.15, 0.2) is 15.0 Å². The number of nitrogens with one attached hydrogen (secondary N) is 1. The topological polar surface area (TPSA) is 72.0 Å². The van der Waals surface area contributed by atoms with E-state index in [1.54, 1.807) is 36.5 Å². The van der Waals surface area contributed by atoms with Crippen LogP contribution < -0.4 is 5.32 Å². The second kappa shape index (κ2) is 7.60. The van der Waals surface area contributed by atoms with Crippen LogP contribution in [0.15, 0.2) is 52.9 Å². The van der Waals surface area contributed by atoms with Gasteiger partial charge in [-0.3, -0.25) is 0 Å². The lowest BCUT2D eigenvalue weighted by Gasteiger charge is -2.02. The summed E-state index contributed by atoms with van der Waals surface area (Å²) in [6, 6.07) is 10.2. The minimum Gasteiger partial charge on any atom is -0.330 e. The van der Waals surface area contributed by atoms with E-state index in [0.29, 0.717) is 10.0 Å². The Kier molecular flexibility index (Phi) is 5.97. The van der Waals surface area contributed by atoms with E-state index < -0.39 is 9.84 Å². The van der Waals surface area contributed by atoms with Crippen molar-refractivity contribution in [3.05, 3.63) is 53.1 Å². The molecule has 1 aromatic carbocycles. The molecular weight excluding hydrogens is 434 g/mol. The molecule has 3 aromatic rings. The summed E-state index contributed by atoms with van der Waals surface area (Å²) >= 11 is 7.20. The summed E-state index contributed by atoms with van der Waals surface area (Å²) in [5, 5.41) is 6.20. The first-order valence-corrected chi connectivity index (χ1v) is 9.71. The first kappa shape index (κ1) is 18.9. The maximum Gasteiger partial charge on any atom is 0.187 e. The quantitative estimate of drug-likeness (QED) is 0.594. The average Bonchev–Trinajstić information content (AvgIpc) is 2.97. The molecule has 5 nitrogen and oxygen atoms in total. The van der Waals surface area contributed by atoms with Crippen LogP contribution in [0.25, 0.3) is 11.3 Å². The molecule has 126 valence electrons. The Balaban J connectivity index is 0.00000208. The summed E-state index contributed by atoms with van der Waals surface area (Å²) in [5.41, 5.74) is 2.43. The molecular formula is C15H13BrClN3O2S2. The molecule has 0 aliphatic heterocycles. The molecule has 0 saturated carbocycles. The van der Waals surface area contributed by atoms with Crippen LogP contribution in [-0.2, 0) is 9.84 Å². The Morgan fingerprint density at radius 1 is 1.12 bits per heavy atom. The molecule has 2 heterocycles. The van der Waals surface area contributed by atoms with Gasteiger partial charge in [0, 0.05) is 17.2 Å². The predicted molar refractivity (Wildman–Crippen MR) is 104 cm³/mol. The van der Waals surface area contributed by atoms with E-state index in [-0.39, 0.29) is 17.0 Å². The molecule has 0 atom stereocenters. The molecule has 0 radical (unpaired) electrons. The van der Waals surface area contributed by atoms with Gasteiger partial charge in [0.1, 0.15) is 5.15 Å². The van der Waals surface area contributed by atoms with Gasteiger partial charge < -0.3 is 5.32 Å². The molecule has 0 aliphatic rings. The number of thiazole rings is 1. The number of halogens is 2. The van der Waals surface area contributed by atoms with Gasteiger partial charge in [-0.1, -0.05) is 23.7 Å². The average molecular weight is 447 g/mol. The van der Waals surface area contributed by atoms with Gasteiger partial charge in [0.25, 0.3) is 0 Å². The van der Waals surface area contributed by atoms with Crippen LogP contribution in [0, 0.1) is 0 Å². The Bertz CT molecular complexity index is 926. The Morgan fingerprint density at radius 3 is 2.42 bits per heavy atom. The second-order valence-electron chi connectivity index (χ2n) is 4.83. The fourth-order valence-corrected chi connectivity index (χ4v) is 3.39. The molecule has 9 heteroatoms. The second-order valence-corrected chi connectivity index (χ2v) is 8.09. The number of nitrogens with zero attached hydrogens (tertiary/aromatic N) is 2. The molecule has 0 aliphatic carbocycles. The number of sulfone groups is 1. The highest BCUT2D eigenvalue weighted by Crippen LogP contribution is 2.27. The van der Waals surface area contributed by atoms with Gasteiger partial charge in [-0.2, -0.15) is 0 Å². The molecule has 1 N–H and O–H groups in total. The third kappa shape index (κ3) is 4.54. The largest absolute Gasteiger partial charge is 0.330 e. The number of hydrogen-bond acceptors (Lipinski definition) is 6. The molecule has 0 bridgehead atoms. The molecule has 3 rings (SSSR count). The smallest absolute Gasteiger partial charge is 0.187 e. The molecule has 2 aromatic heterocycles. The van der Waals surface area contributed by atoms with E-state index >= 15 is 0 Å². The van der Waals surface area contributed by atoms with Crippen molar-refractivity contribution in [3.8, 4) is 11.3 Å². The van der Waals surface area contributed by atoms with Crippen molar-refractivity contribution >= 4 is 60.6 Å². The summed E-state index contributed by atoms with van der Waals surface area (Å²) in [6.07, 6.45) is 2.82. The van der Waals surface area contributed by atoms with Crippen LogP contribution in [0.5, 0.6) is 0 Å². The van der Waals surface area contributed by atoms with Crippen molar-refractivity contribution in [2.24, 2.45) is 0 Å². The number of aromatic nitrogens is 2. The maximum atomic E-state index is 11.5. The number of rotatable bonds is 4. The first-order valence-electron chi connectivity index (χ1n) is 6.56. The minimum atomic E-state index is -3.19. The van der Waals surface area contributed by atoms with Gasteiger partial charge in [0.05, 0.1) is 22.5 Å². The SMILES string of the molecule is Br.CS(=O)(=O)c1ccc(-c2csc(Nc3ccc(Cl)nc3)n2)cc1. The predicted octanol–water partition coefficient (Wildman–Crippen LogP) is 4.58. The molecule has 0 saturated heterocycles. The van der Waals surface area contributed by atoms with E-state index in [0.717, 1.165) is 22.1 Å². The standard InChI is InChI=1S/C15H12ClN3O2S2.BrH/c1-23(20,21)12-5-2-10(3-6-12)13-9-22-15(19-13)18-11-4-7-14(16)17-8-11;/h2-9H,1H3,(H,18,19);1H. The van der Waals surface area contributed by atoms with Crippen molar-refractivity contribution < 1.29 is 8.42 Å². The Hall–Kier alpha value is -1.48. The maximum absolute atomic E-state index is 11.5. The monoisotopic (exact) mass is 445 g/mol. The summed E-state index contributed by atoms with van der Waals surface area (Å²) in [4.78, 5) is 8.78. The van der Waals surface area contributed by atoms with E-state index in [1.807, 2.05) is 11.4 Å². The van der Waals surface area contributed by atoms with Crippen LogP contribution in [0.1, 0.15) is 0 Å². The zero-order valence-corrected chi connectivity index (χ0v) is 16.5. The summed E-state index contributed by atoms with van der Waals surface area (Å²) in [6.45, 7) is 0. The third-order valence-electron chi connectivity index (χ3n) is 3.06. The lowest BCUT2D eigenvalue weighted by atomic mass is 10.2. The van der Waals surface area contributed by atoms with Crippen LogP contribution in [0.2, 0.25) is 5.15 Å². The van der Waals surface area contributed by atoms with E-state index in [1.165, 1.54) is 17.6 Å². The molecule has 24 heavy (non-hydrogen) atoms. The minimum absolute atomic E-state index is 0. The van der Waals surface area contributed by atoms with Crippen LogP contribution in [0.3, 0.4) is 0 Å². The lowest BCUT2D eigenvalue weighted by molar-refractivity contribution is 0.602. The van der Waals surface area contributed by atoms with Crippen LogP contribution in [0.4, 0.5) is 10.8 Å². The summed E-state index contributed by atoms with van der Waals surface area (Å²) in [7, 11) is -3.19. The zero-order valence-electron chi connectivity index (χ0n) is 12.4. The van der Waals surface area contributed by atoms with Crippen LogP contribution in [-0.4, -0.2) is 24.6 Å². The number of hydrogen-bond donors (Lipinski definition) is 1. The van der Waals surface area contributed by atoms with Crippen molar-refractivity contribution in [2.45, 2.75) is 4.90 Å². The Labute approximate surface area is 159 Å². The van der Waals surface area contributed by atoms with Crippen molar-refractivity contribution in [1.82, 2.24) is 9.97 Å². The van der Waals surface area contributed by atoms with E-state index in [2.05, 4.69) is 15.3 Å². The zero-order chi connectivity index (χ0) is 16.4. The fourth-order valence-electron chi connectivity index (χ4n) is 1.91. The van der Waals surface area contributed by atoms with Gasteiger partial charge in [-0.25, -0.2) is 18.4 Å². The molecule has 0 spiro atoms. The van der Waals surface area contributed by atoms with Crippen LogP contribution >= 0.6 is 39.9 Å². The van der Waals surface area contributed by atoms with Gasteiger partial charge in [-0.05, 0) is 24.3 Å². The highest BCUT2D eigenvalue weighted by Gasteiger charge is 2.09. The number of anilines is 2. The van der Waals surface area contributed by atoms with Gasteiger partial charge in [0.2, 0.25) is 0 Å². The molecule has 0 fully saturated rings. The van der Waals surface area contributed by atoms with Gasteiger partial charge >= 0.3 is 0 Å². The first-order chi connectivity index (χ1) is 10.9. The van der Waals surface area contributed by atoms with E-state index in [4.69, 9.17) is 11.6 Å². The summed E-state index contributed by atoms with van der Waals surface area (Å²) in [5.74, 6) is 0. The summed E-state index contributed by atoms with van der Waals surface area (Å²) < 4.78 is 22.9. The Morgan fingerprint density at radius 2 is 1.83 bits per heavy atom. The van der Waals surface area contributed by atoms with Crippen molar-refractivity contribution in [3.63, 3.8) is 0 Å². The van der Waals surface area contributed by atoms with E-state index in [9.17, 15) is 8.42 Å². The third-order valence-corrected chi connectivity index (χ3v) is 5.17. The van der Waals surface area contributed by atoms with Crippen molar-refractivity contribution in [1.29, 1.82) is 0 Å². The number of pyridine rings is 1. The van der Waals surface area contributed by atoms with Crippen molar-refractivity contribution in [2.75, 3.05) is 11.6 Å². The highest BCUT2D eigenvalue weighted by atomic mass is 79.9. The lowest BCUT2D eigenvalue weighted by Crippen LogP contribution is -1.96. The molecule has 0 unspecified atom stereocenters. The number of benzene rings is 1.